The zero-order valence-corrected chi connectivity index (χ0v) is 14.7. The summed E-state index contributed by atoms with van der Waals surface area (Å²) in [6.07, 6.45) is -0.236. The number of carboxylic acid groups (broad SMARTS) is 1. The minimum atomic E-state index is -4.58. The van der Waals surface area contributed by atoms with Crippen molar-refractivity contribution in [1.29, 1.82) is 0 Å². The maximum atomic E-state index is 11.6. The number of nitrogens with two attached hydrogens (primary N) is 1. The number of hydrogen-bond acceptors (Lipinski definition) is 7. The number of nitrogens with zero attached hydrogens (tertiary/aromatic N) is 2. The van der Waals surface area contributed by atoms with Crippen LogP contribution < -0.4 is 11.1 Å². The Morgan fingerprint density at radius 2 is 1.85 bits per heavy atom. The summed E-state index contributed by atoms with van der Waals surface area (Å²) < 4.78 is 32.6. The molecule has 0 aliphatic heterocycles. The third kappa shape index (κ3) is 5.26. The number of nitrogens with one attached hydrogen (secondary N) is 1. The van der Waals surface area contributed by atoms with Gasteiger partial charge in [-0.1, -0.05) is 17.7 Å². The molecule has 0 aliphatic carbocycles. The summed E-state index contributed by atoms with van der Waals surface area (Å²) in [6, 6.07) is 9.49. The van der Waals surface area contributed by atoms with E-state index in [-0.39, 0.29) is 30.0 Å². The molecule has 2 aromatic rings. The zero-order chi connectivity index (χ0) is 19.3. The smallest absolute Gasteiger partial charge is 0.305 e. The third-order valence-corrected chi connectivity index (χ3v) is 4.26. The first-order valence-corrected chi connectivity index (χ1v) is 8.96. The number of carbonyl (C=O) groups is 1. The fourth-order valence-corrected chi connectivity index (χ4v) is 2.72. The summed E-state index contributed by atoms with van der Waals surface area (Å²) in [5.74, 6) is -1.05. The van der Waals surface area contributed by atoms with E-state index in [4.69, 9.17) is 10.8 Å². The van der Waals surface area contributed by atoms with Gasteiger partial charge in [0.05, 0.1) is 23.5 Å². The van der Waals surface area contributed by atoms with E-state index in [1.807, 2.05) is 19.1 Å². The first-order valence-electron chi connectivity index (χ1n) is 7.52. The van der Waals surface area contributed by atoms with Crippen molar-refractivity contribution in [2.45, 2.75) is 18.2 Å². The number of anilines is 2. The summed E-state index contributed by atoms with van der Waals surface area (Å²) in [5.41, 5.74) is 7.63. The molecule has 0 saturated heterocycles. The molecule has 0 bridgehead atoms. The van der Waals surface area contributed by atoms with Crippen LogP contribution in [0.4, 0.5) is 22.7 Å². The van der Waals surface area contributed by atoms with E-state index < -0.39 is 21.0 Å². The number of aliphatic carboxylic acids is 1. The lowest BCUT2D eigenvalue weighted by atomic mass is 10.2. The summed E-state index contributed by atoms with van der Waals surface area (Å²) in [4.78, 5) is 10.1. The minimum Gasteiger partial charge on any atom is -0.481 e. The molecular formula is C16H18N4O5S. The van der Waals surface area contributed by atoms with E-state index in [1.165, 1.54) is 6.07 Å². The van der Waals surface area contributed by atoms with Crippen LogP contribution in [0.5, 0.6) is 0 Å². The van der Waals surface area contributed by atoms with Gasteiger partial charge in [0, 0.05) is 6.54 Å². The monoisotopic (exact) mass is 378 g/mol. The summed E-state index contributed by atoms with van der Waals surface area (Å²) in [5, 5.41) is 19.2. The highest BCUT2D eigenvalue weighted by molar-refractivity contribution is 7.86. The van der Waals surface area contributed by atoms with Gasteiger partial charge in [-0.05, 0) is 31.2 Å². The second-order valence-corrected chi connectivity index (χ2v) is 6.88. The van der Waals surface area contributed by atoms with Gasteiger partial charge in [0.15, 0.2) is 0 Å². The van der Waals surface area contributed by atoms with Crippen molar-refractivity contribution in [2.24, 2.45) is 10.2 Å². The lowest BCUT2D eigenvalue weighted by molar-refractivity contribution is -0.136. The van der Waals surface area contributed by atoms with Crippen molar-refractivity contribution in [3.63, 3.8) is 0 Å². The van der Waals surface area contributed by atoms with Crippen molar-refractivity contribution in [3.8, 4) is 0 Å². The van der Waals surface area contributed by atoms with Gasteiger partial charge in [0.25, 0.3) is 10.1 Å². The maximum Gasteiger partial charge on any atom is 0.305 e. The van der Waals surface area contributed by atoms with Gasteiger partial charge >= 0.3 is 5.97 Å². The fourth-order valence-electron chi connectivity index (χ4n) is 2.05. The quantitative estimate of drug-likeness (QED) is 0.328. The van der Waals surface area contributed by atoms with Crippen LogP contribution >= 0.6 is 0 Å². The number of hydrogen-bond donors (Lipinski definition) is 4. The summed E-state index contributed by atoms with van der Waals surface area (Å²) >= 11 is 0. The first kappa shape index (κ1) is 19.3. The van der Waals surface area contributed by atoms with Gasteiger partial charge in [-0.25, -0.2) is 0 Å². The Balaban J connectivity index is 2.36. The highest BCUT2D eigenvalue weighted by atomic mass is 32.2. The molecule has 0 fully saturated rings. The number of carboxylic acids is 1. The fraction of sp³-hybridized carbons (Fsp3) is 0.188. The highest BCUT2D eigenvalue weighted by Crippen LogP contribution is 2.33. The average Bonchev–Trinajstić information content (AvgIpc) is 2.54. The molecule has 0 aromatic heterocycles. The molecule has 0 atom stereocenters. The molecule has 26 heavy (non-hydrogen) atoms. The largest absolute Gasteiger partial charge is 0.481 e. The molecule has 2 aromatic carbocycles. The maximum absolute atomic E-state index is 11.6. The number of rotatable bonds is 7. The van der Waals surface area contributed by atoms with Crippen molar-refractivity contribution in [2.75, 3.05) is 17.6 Å². The van der Waals surface area contributed by atoms with Crippen LogP contribution in [0.1, 0.15) is 12.0 Å². The molecule has 0 aliphatic rings. The molecule has 0 amide bonds. The number of nitrogen functional groups attached to an aromatic ring is 1. The SMILES string of the molecule is Cc1ccc(N=Nc2cc(S(=O)(=O)O)c(NCCC(=O)O)cc2N)cc1. The third-order valence-electron chi connectivity index (χ3n) is 3.37. The number of azo groups is 1. The zero-order valence-electron chi connectivity index (χ0n) is 13.9. The van der Waals surface area contributed by atoms with Crippen molar-refractivity contribution < 1.29 is 22.9 Å². The lowest BCUT2D eigenvalue weighted by Gasteiger charge is -2.11. The summed E-state index contributed by atoms with van der Waals surface area (Å²) in [6.45, 7) is 1.88. The van der Waals surface area contributed by atoms with Gasteiger partial charge in [0.1, 0.15) is 10.6 Å². The van der Waals surface area contributed by atoms with E-state index in [9.17, 15) is 17.8 Å². The molecule has 0 unspecified atom stereocenters. The Kier molecular flexibility index (Phi) is 5.90. The van der Waals surface area contributed by atoms with E-state index in [2.05, 4.69) is 15.5 Å². The van der Waals surface area contributed by atoms with E-state index in [0.29, 0.717) is 5.69 Å². The van der Waals surface area contributed by atoms with Crippen molar-refractivity contribution in [1.82, 2.24) is 0 Å². The minimum absolute atomic E-state index is 0.0134. The number of aryl methyl sites for hydroxylation is 1. The van der Waals surface area contributed by atoms with E-state index >= 15 is 0 Å². The van der Waals surface area contributed by atoms with Crippen LogP contribution in [0.15, 0.2) is 51.5 Å². The molecule has 0 saturated carbocycles. The van der Waals surface area contributed by atoms with Crippen molar-refractivity contribution >= 4 is 38.8 Å². The van der Waals surface area contributed by atoms with Crippen LogP contribution in [-0.2, 0) is 14.9 Å². The van der Waals surface area contributed by atoms with E-state index in [1.54, 1.807) is 12.1 Å². The molecule has 10 heteroatoms. The molecule has 0 radical (unpaired) electrons. The summed E-state index contributed by atoms with van der Waals surface area (Å²) in [7, 11) is -4.58. The first-order chi connectivity index (χ1) is 12.2. The predicted molar refractivity (Wildman–Crippen MR) is 96.8 cm³/mol. The van der Waals surface area contributed by atoms with Crippen LogP contribution in [0.25, 0.3) is 0 Å². The van der Waals surface area contributed by atoms with Gasteiger partial charge in [-0.2, -0.15) is 13.5 Å². The molecule has 138 valence electrons. The lowest BCUT2D eigenvalue weighted by Crippen LogP contribution is -2.11. The number of benzene rings is 2. The molecule has 0 heterocycles. The van der Waals surface area contributed by atoms with Gasteiger partial charge in [0.2, 0.25) is 0 Å². The van der Waals surface area contributed by atoms with Crippen LogP contribution in [0.2, 0.25) is 0 Å². The normalized spacial score (nSPS) is 11.6. The van der Waals surface area contributed by atoms with Crippen LogP contribution in [0, 0.1) is 6.92 Å². The molecule has 9 nitrogen and oxygen atoms in total. The Hall–Kier alpha value is -2.98. The average molecular weight is 378 g/mol. The second kappa shape index (κ2) is 7.93. The molecule has 5 N–H and O–H groups in total. The van der Waals surface area contributed by atoms with Gasteiger partial charge in [-0.3, -0.25) is 9.35 Å². The topological polar surface area (TPSA) is 154 Å². The second-order valence-electron chi connectivity index (χ2n) is 5.49. The van der Waals surface area contributed by atoms with Crippen molar-refractivity contribution in [3.05, 3.63) is 42.0 Å². The standard InChI is InChI=1S/C16H18N4O5S/c1-10-2-4-11(5-3-10)19-20-13-9-15(26(23,24)25)14(8-12(13)17)18-7-6-16(21)22/h2-5,8-9,18H,6-7,17H2,1H3,(H,21,22)(H,23,24,25). The van der Waals surface area contributed by atoms with Crippen LogP contribution in [-0.4, -0.2) is 30.6 Å². The Bertz CT molecular complexity index is 940. The van der Waals surface area contributed by atoms with Gasteiger partial charge < -0.3 is 16.2 Å². The van der Waals surface area contributed by atoms with Gasteiger partial charge in [-0.15, -0.1) is 5.11 Å². The Morgan fingerprint density at radius 1 is 1.19 bits per heavy atom. The molecule has 0 spiro atoms. The Morgan fingerprint density at radius 3 is 2.42 bits per heavy atom. The molecule has 2 rings (SSSR count). The highest BCUT2D eigenvalue weighted by Gasteiger charge is 2.18. The Labute approximate surface area is 150 Å². The molecular weight excluding hydrogens is 360 g/mol. The van der Waals surface area contributed by atoms with Crippen LogP contribution in [0.3, 0.4) is 0 Å². The van der Waals surface area contributed by atoms with E-state index in [0.717, 1.165) is 11.6 Å². The predicted octanol–water partition coefficient (Wildman–Crippen LogP) is 3.13.